The Morgan fingerprint density at radius 2 is 2.14 bits per heavy atom. The van der Waals surface area contributed by atoms with Crippen LogP contribution in [0.3, 0.4) is 0 Å². The van der Waals surface area contributed by atoms with E-state index in [0.717, 1.165) is 23.4 Å². The lowest BCUT2D eigenvalue weighted by molar-refractivity contribution is 0.530. The molecular weight excluding hydrogens is 270 g/mol. The van der Waals surface area contributed by atoms with Crippen LogP contribution in [-0.4, -0.2) is 29.0 Å². The molecule has 0 aliphatic heterocycles. The molecule has 1 heterocycles. The lowest BCUT2D eigenvalue weighted by Crippen LogP contribution is -2.08. The van der Waals surface area contributed by atoms with Crippen LogP contribution in [0.4, 0.5) is 0 Å². The summed E-state index contributed by atoms with van der Waals surface area (Å²) >= 11 is 0. The van der Waals surface area contributed by atoms with Gasteiger partial charge >= 0.3 is 0 Å². The molecule has 22 heavy (non-hydrogen) atoms. The fourth-order valence-electron chi connectivity index (χ4n) is 1.57. The van der Waals surface area contributed by atoms with Crippen LogP contribution in [0.2, 0.25) is 0 Å². The number of aromatic nitrogens is 2. The van der Waals surface area contributed by atoms with Gasteiger partial charge < -0.3 is 9.88 Å². The SMILES string of the molecule is C=C/C(=C\C=C(\C#Cc1ccncccc[nH]1)CC)N(C)C. The molecule has 0 bridgehead atoms. The van der Waals surface area contributed by atoms with Crippen molar-refractivity contribution in [1.29, 1.82) is 0 Å². The number of likely N-dealkylation sites (N-methyl/N-ethyl adjacent to an activating group) is 1. The topological polar surface area (TPSA) is 31.9 Å². The van der Waals surface area contributed by atoms with E-state index >= 15 is 0 Å². The molecule has 0 radical (unpaired) electrons. The van der Waals surface area contributed by atoms with Crippen molar-refractivity contribution in [2.24, 2.45) is 0 Å². The molecule has 1 aromatic heterocycles. The van der Waals surface area contributed by atoms with E-state index in [4.69, 9.17) is 0 Å². The van der Waals surface area contributed by atoms with Gasteiger partial charge in [-0.25, -0.2) is 0 Å². The number of nitrogens with one attached hydrogen (secondary N) is 1. The predicted molar refractivity (Wildman–Crippen MR) is 93.4 cm³/mol. The summed E-state index contributed by atoms with van der Waals surface area (Å²) in [6.45, 7) is 5.90. The largest absolute Gasteiger partial charge is 0.378 e. The van der Waals surface area contributed by atoms with Gasteiger partial charge in [0.1, 0.15) is 0 Å². The van der Waals surface area contributed by atoms with Crippen LogP contribution < -0.4 is 0 Å². The monoisotopic (exact) mass is 293 g/mol. The summed E-state index contributed by atoms with van der Waals surface area (Å²) in [4.78, 5) is 9.24. The van der Waals surface area contributed by atoms with Crippen molar-refractivity contribution >= 4 is 0 Å². The van der Waals surface area contributed by atoms with E-state index in [-0.39, 0.29) is 0 Å². The van der Waals surface area contributed by atoms with Gasteiger partial charge in [-0.1, -0.05) is 19.4 Å². The van der Waals surface area contributed by atoms with Gasteiger partial charge in [-0.2, -0.15) is 0 Å². The van der Waals surface area contributed by atoms with Crippen molar-refractivity contribution < 1.29 is 0 Å². The number of allylic oxidation sites excluding steroid dienone is 4. The average Bonchev–Trinajstić information content (AvgIpc) is 2.64. The highest BCUT2D eigenvalue weighted by Crippen LogP contribution is 2.04. The van der Waals surface area contributed by atoms with E-state index in [9.17, 15) is 0 Å². The maximum absolute atomic E-state index is 4.10. The van der Waals surface area contributed by atoms with Gasteiger partial charge in [0.15, 0.2) is 0 Å². The maximum atomic E-state index is 4.10. The van der Waals surface area contributed by atoms with Crippen molar-refractivity contribution in [1.82, 2.24) is 14.9 Å². The fourth-order valence-corrected chi connectivity index (χ4v) is 1.57. The molecule has 3 nitrogen and oxygen atoms in total. The second-order valence-corrected chi connectivity index (χ2v) is 4.71. The van der Waals surface area contributed by atoms with Crippen LogP contribution in [0.15, 0.2) is 72.9 Å². The first-order valence-electron chi connectivity index (χ1n) is 7.21. The van der Waals surface area contributed by atoms with Crippen molar-refractivity contribution in [3.63, 3.8) is 0 Å². The highest BCUT2D eigenvalue weighted by molar-refractivity contribution is 5.39. The molecule has 114 valence electrons. The lowest BCUT2D eigenvalue weighted by atomic mass is 10.1. The summed E-state index contributed by atoms with van der Waals surface area (Å²) in [5.41, 5.74) is 2.92. The van der Waals surface area contributed by atoms with Crippen molar-refractivity contribution in [2.45, 2.75) is 13.3 Å². The third kappa shape index (κ3) is 6.62. The number of nitrogens with zero attached hydrogens (tertiary/aromatic N) is 2. The van der Waals surface area contributed by atoms with Gasteiger partial charge in [0.25, 0.3) is 0 Å². The number of aromatic amines is 1. The molecule has 3 heteroatoms. The molecule has 0 aliphatic carbocycles. The third-order valence-electron chi connectivity index (χ3n) is 2.87. The molecule has 0 atom stereocenters. The molecule has 0 spiro atoms. The zero-order valence-electron chi connectivity index (χ0n) is 13.5. The van der Waals surface area contributed by atoms with Gasteiger partial charge in [-0.3, -0.25) is 4.98 Å². The Balaban J connectivity index is 3.06. The van der Waals surface area contributed by atoms with Crippen LogP contribution in [0.1, 0.15) is 19.0 Å². The van der Waals surface area contributed by atoms with Crippen LogP contribution >= 0.6 is 0 Å². The summed E-state index contributed by atoms with van der Waals surface area (Å²) < 4.78 is 0. The van der Waals surface area contributed by atoms with Gasteiger partial charge in [0.05, 0.1) is 5.69 Å². The van der Waals surface area contributed by atoms with Gasteiger partial charge in [0.2, 0.25) is 0 Å². The first-order chi connectivity index (χ1) is 10.7. The smallest absolute Gasteiger partial charge is 0.0911 e. The molecule has 0 saturated heterocycles. The van der Waals surface area contributed by atoms with E-state index in [1.54, 1.807) is 12.4 Å². The summed E-state index contributed by atoms with van der Waals surface area (Å²) in [6, 6.07) is 5.59. The molecular formula is C19H23N3. The van der Waals surface area contributed by atoms with Gasteiger partial charge in [-0.05, 0) is 48.8 Å². The molecule has 0 aromatic carbocycles. The normalized spacial score (nSPS) is 11.0. The van der Waals surface area contributed by atoms with E-state index in [0.29, 0.717) is 0 Å². The molecule has 0 amide bonds. The van der Waals surface area contributed by atoms with E-state index in [1.165, 1.54) is 0 Å². The second kappa shape index (κ2) is 10.1. The minimum absolute atomic E-state index is 0.809. The zero-order chi connectivity index (χ0) is 16.2. The first-order valence-corrected chi connectivity index (χ1v) is 7.21. The molecule has 1 rings (SSSR count). The minimum Gasteiger partial charge on any atom is -0.378 e. The highest BCUT2D eigenvalue weighted by atomic mass is 15.1. The summed E-state index contributed by atoms with van der Waals surface area (Å²) in [6.07, 6.45) is 12.0. The number of H-pyrrole nitrogens is 1. The summed E-state index contributed by atoms with van der Waals surface area (Å²) in [5, 5.41) is 0. The van der Waals surface area contributed by atoms with Gasteiger partial charge in [0, 0.05) is 44.0 Å². The molecule has 0 unspecified atom stereocenters. The zero-order valence-corrected chi connectivity index (χ0v) is 13.5. The molecule has 0 aliphatic rings. The van der Waals surface area contributed by atoms with E-state index in [1.807, 2.05) is 61.6 Å². The molecule has 1 N–H and O–H groups in total. The van der Waals surface area contributed by atoms with Crippen molar-refractivity contribution in [3.05, 3.63) is 78.6 Å². The highest BCUT2D eigenvalue weighted by Gasteiger charge is 1.92. The van der Waals surface area contributed by atoms with Gasteiger partial charge in [-0.15, -0.1) is 0 Å². The van der Waals surface area contributed by atoms with Crippen LogP contribution in [-0.2, 0) is 0 Å². The van der Waals surface area contributed by atoms with Crippen LogP contribution in [0.5, 0.6) is 0 Å². The fraction of sp³-hybridized carbons (Fsp3) is 0.211. The number of hydrogen-bond donors (Lipinski definition) is 1. The van der Waals surface area contributed by atoms with E-state index in [2.05, 4.69) is 35.3 Å². The average molecular weight is 293 g/mol. The maximum Gasteiger partial charge on any atom is 0.0911 e. The Kier molecular flexibility index (Phi) is 7.92. The second-order valence-electron chi connectivity index (χ2n) is 4.71. The molecule has 0 fully saturated rings. The third-order valence-corrected chi connectivity index (χ3v) is 2.87. The summed E-state index contributed by atoms with van der Waals surface area (Å²) in [7, 11) is 3.98. The van der Waals surface area contributed by atoms with Crippen molar-refractivity contribution in [3.8, 4) is 11.8 Å². The Hall–Kier alpha value is -2.73. The van der Waals surface area contributed by atoms with E-state index < -0.39 is 0 Å². The summed E-state index contributed by atoms with van der Waals surface area (Å²) in [5.74, 6) is 6.32. The Morgan fingerprint density at radius 1 is 1.32 bits per heavy atom. The number of rotatable bonds is 4. The standard InChI is InChI=1S/C19H23N3/c1-5-17(10-12-19(6-2)22(3)4)9-11-18-13-16-20-14-7-8-15-21-18/h6-8,10,12-16,21H,2,5H2,1,3-4H3/b14-7?,15-8?,17-10+,18-13?,19-12+,20-16?. The Morgan fingerprint density at radius 3 is 2.82 bits per heavy atom. The van der Waals surface area contributed by atoms with Crippen LogP contribution in [0, 0.1) is 11.8 Å². The first kappa shape index (κ1) is 17.3. The Labute approximate surface area is 133 Å². The quantitative estimate of drug-likeness (QED) is 0.675. The van der Waals surface area contributed by atoms with Crippen molar-refractivity contribution in [2.75, 3.05) is 14.1 Å². The molecule has 0 saturated carbocycles. The Bertz CT molecular complexity index is 626. The minimum atomic E-state index is 0.809. The van der Waals surface area contributed by atoms with Crippen LogP contribution in [0.25, 0.3) is 0 Å². The molecule has 1 aromatic rings. The predicted octanol–water partition coefficient (Wildman–Crippen LogP) is 3.85. The number of hydrogen-bond acceptors (Lipinski definition) is 2. The lowest BCUT2D eigenvalue weighted by Gasteiger charge is -2.12.